The molecule has 9 heteroatoms. The zero-order chi connectivity index (χ0) is 26.1. The zero-order valence-corrected chi connectivity index (χ0v) is 21.4. The number of carbonyl (C=O) groups excluding carboxylic acids is 1. The number of aryl methyl sites for hydroxylation is 1. The van der Waals surface area contributed by atoms with Crippen LogP contribution in [-0.2, 0) is 17.8 Å². The Balaban J connectivity index is 1.83. The van der Waals surface area contributed by atoms with Crippen LogP contribution < -0.4 is 14.8 Å². The maximum atomic E-state index is 12.7. The summed E-state index contributed by atoms with van der Waals surface area (Å²) in [5.74, 6) is 0.286. The number of nitrogens with one attached hydrogen (secondary N) is 1. The fourth-order valence-electron chi connectivity index (χ4n) is 3.29. The molecule has 0 heterocycles. The van der Waals surface area contributed by atoms with Gasteiger partial charge in [0.25, 0.3) is 11.6 Å². The molecule has 0 unspecified atom stereocenters. The van der Waals surface area contributed by atoms with Gasteiger partial charge in [0.2, 0.25) is 0 Å². The predicted octanol–water partition coefficient (Wildman–Crippen LogP) is 6.44. The first-order valence-corrected chi connectivity index (χ1v) is 12.0. The molecule has 0 aliphatic carbocycles. The number of non-ortho nitro benzene ring substituents is 1. The molecule has 8 nitrogen and oxygen atoms in total. The number of rotatable bonds is 10. The number of halogens is 1. The Labute approximate surface area is 217 Å². The second-order valence-electron chi connectivity index (χ2n) is 7.64. The van der Waals surface area contributed by atoms with Crippen molar-refractivity contribution in [1.29, 1.82) is 5.26 Å². The highest BCUT2D eigenvalue weighted by atomic mass is 79.9. The summed E-state index contributed by atoms with van der Waals surface area (Å²) in [5.41, 5.74) is 2.81. The van der Waals surface area contributed by atoms with Crippen molar-refractivity contribution < 1.29 is 19.2 Å². The van der Waals surface area contributed by atoms with Crippen molar-refractivity contribution in [3.05, 3.63) is 97.5 Å². The number of amides is 1. The molecule has 184 valence electrons. The molecular weight excluding hydrogens is 526 g/mol. The van der Waals surface area contributed by atoms with E-state index in [4.69, 9.17) is 9.47 Å². The summed E-state index contributed by atoms with van der Waals surface area (Å²) >= 11 is 3.47. The van der Waals surface area contributed by atoms with Gasteiger partial charge < -0.3 is 14.8 Å². The van der Waals surface area contributed by atoms with Crippen LogP contribution in [0.5, 0.6) is 11.5 Å². The van der Waals surface area contributed by atoms with E-state index in [1.54, 1.807) is 36.4 Å². The Morgan fingerprint density at radius 3 is 2.44 bits per heavy atom. The first-order chi connectivity index (χ1) is 17.3. The van der Waals surface area contributed by atoms with Crippen molar-refractivity contribution in [2.75, 3.05) is 11.9 Å². The Bertz CT molecular complexity index is 1330. The monoisotopic (exact) mass is 549 g/mol. The number of nitro groups is 1. The van der Waals surface area contributed by atoms with Crippen molar-refractivity contribution in [2.45, 2.75) is 26.9 Å². The molecular formula is C27H24BrN3O5. The summed E-state index contributed by atoms with van der Waals surface area (Å²) in [7, 11) is 0. The molecule has 36 heavy (non-hydrogen) atoms. The van der Waals surface area contributed by atoms with Crippen LogP contribution in [0.4, 0.5) is 11.4 Å². The van der Waals surface area contributed by atoms with Crippen molar-refractivity contribution in [3.63, 3.8) is 0 Å². The number of ether oxygens (including phenoxy) is 2. The van der Waals surface area contributed by atoms with E-state index in [0.29, 0.717) is 39.4 Å². The van der Waals surface area contributed by atoms with Crippen LogP contribution in [0.2, 0.25) is 0 Å². The van der Waals surface area contributed by atoms with Crippen molar-refractivity contribution >= 4 is 39.3 Å². The minimum atomic E-state index is -0.530. The maximum absolute atomic E-state index is 12.7. The molecule has 0 bridgehead atoms. The Kier molecular flexibility index (Phi) is 9.19. The molecule has 0 aliphatic heterocycles. The molecule has 1 amide bonds. The summed E-state index contributed by atoms with van der Waals surface area (Å²) in [5, 5.41) is 23.4. The van der Waals surface area contributed by atoms with Gasteiger partial charge in [0.05, 0.1) is 11.5 Å². The third kappa shape index (κ3) is 6.93. The minimum absolute atomic E-state index is 0.0218. The van der Waals surface area contributed by atoms with Gasteiger partial charge in [0.1, 0.15) is 18.2 Å². The van der Waals surface area contributed by atoms with Crippen LogP contribution in [0, 0.1) is 21.4 Å². The van der Waals surface area contributed by atoms with Crippen molar-refractivity contribution in [3.8, 4) is 17.6 Å². The Morgan fingerprint density at radius 1 is 1.08 bits per heavy atom. The van der Waals surface area contributed by atoms with Crippen LogP contribution >= 0.6 is 15.9 Å². The lowest BCUT2D eigenvalue weighted by Crippen LogP contribution is -2.13. The zero-order valence-electron chi connectivity index (χ0n) is 19.8. The summed E-state index contributed by atoms with van der Waals surface area (Å²) in [6.45, 7) is 4.31. The fraction of sp³-hybridized carbons (Fsp3) is 0.185. The van der Waals surface area contributed by atoms with E-state index in [0.717, 1.165) is 12.0 Å². The standard InChI is InChI=1S/C27H24BrN3O5/c1-3-18-8-10-22(11-9-18)30-27(32)21(16-29)13-20-14-25(35-4-2)26(15-24(20)28)36-17-19-6-5-7-23(12-19)31(33)34/h5-15H,3-4,17H2,1-2H3,(H,30,32)/b21-13+. The Morgan fingerprint density at radius 2 is 1.81 bits per heavy atom. The van der Waals surface area contributed by atoms with E-state index < -0.39 is 10.8 Å². The smallest absolute Gasteiger partial charge is 0.269 e. The molecule has 3 aromatic rings. The van der Waals surface area contributed by atoms with E-state index in [1.165, 1.54) is 18.2 Å². The van der Waals surface area contributed by atoms with Gasteiger partial charge in [0, 0.05) is 22.3 Å². The normalized spacial score (nSPS) is 10.9. The largest absolute Gasteiger partial charge is 0.490 e. The highest BCUT2D eigenvalue weighted by molar-refractivity contribution is 9.10. The Hall–Kier alpha value is -4.16. The van der Waals surface area contributed by atoms with Gasteiger partial charge in [-0.2, -0.15) is 5.26 Å². The number of nitriles is 1. The summed E-state index contributed by atoms with van der Waals surface area (Å²) in [6.07, 6.45) is 2.35. The number of benzene rings is 3. The first kappa shape index (κ1) is 26.4. The van der Waals surface area contributed by atoms with E-state index in [-0.39, 0.29) is 17.9 Å². The topological polar surface area (TPSA) is 114 Å². The molecule has 0 radical (unpaired) electrons. The van der Waals surface area contributed by atoms with Crippen LogP contribution in [0.15, 0.2) is 70.7 Å². The SMILES string of the molecule is CCOc1cc(/C=C(\C#N)C(=O)Nc2ccc(CC)cc2)c(Br)cc1OCc1cccc([N+](=O)[O-])c1. The van der Waals surface area contributed by atoms with Gasteiger partial charge in [-0.05, 0) is 60.4 Å². The second-order valence-corrected chi connectivity index (χ2v) is 8.50. The van der Waals surface area contributed by atoms with Gasteiger partial charge in [-0.15, -0.1) is 0 Å². The molecule has 3 rings (SSSR count). The van der Waals surface area contributed by atoms with Crippen molar-refractivity contribution in [2.24, 2.45) is 0 Å². The second kappa shape index (κ2) is 12.5. The van der Waals surface area contributed by atoms with Gasteiger partial charge in [-0.1, -0.05) is 47.1 Å². The molecule has 0 aliphatic rings. The summed E-state index contributed by atoms with van der Waals surface area (Å²) < 4.78 is 12.2. The maximum Gasteiger partial charge on any atom is 0.269 e. The third-order valence-electron chi connectivity index (χ3n) is 5.16. The van der Waals surface area contributed by atoms with E-state index >= 15 is 0 Å². The van der Waals surface area contributed by atoms with E-state index in [9.17, 15) is 20.2 Å². The number of anilines is 1. The van der Waals surface area contributed by atoms with Crippen LogP contribution in [-0.4, -0.2) is 17.4 Å². The molecule has 0 saturated heterocycles. The lowest BCUT2D eigenvalue weighted by atomic mass is 10.1. The number of hydrogen-bond acceptors (Lipinski definition) is 6. The van der Waals surface area contributed by atoms with Crippen molar-refractivity contribution in [1.82, 2.24) is 0 Å². The number of hydrogen-bond donors (Lipinski definition) is 1. The van der Waals surface area contributed by atoms with Gasteiger partial charge in [-0.3, -0.25) is 14.9 Å². The predicted molar refractivity (Wildman–Crippen MR) is 141 cm³/mol. The molecule has 0 saturated carbocycles. The summed E-state index contributed by atoms with van der Waals surface area (Å²) in [4.78, 5) is 23.3. The minimum Gasteiger partial charge on any atom is -0.490 e. The van der Waals surface area contributed by atoms with Crippen LogP contribution in [0.3, 0.4) is 0 Å². The summed E-state index contributed by atoms with van der Waals surface area (Å²) in [6, 6.07) is 18.9. The van der Waals surface area contributed by atoms with E-state index in [2.05, 4.69) is 21.2 Å². The number of nitro benzene ring substituents is 1. The third-order valence-corrected chi connectivity index (χ3v) is 5.85. The lowest BCUT2D eigenvalue weighted by molar-refractivity contribution is -0.384. The first-order valence-electron chi connectivity index (χ1n) is 11.2. The molecule has 0 aromatic heterocycles. The molecule has 1 N–H and O–H groups in total. The molecule has 0 fully saturated rings. The molecule has 0 spiro atoms. The highest BCUT2D eigenvalue weighted by Gasteiger charge is 2.15. The number of carbonyl (C=O) groups is 1. The van der Waals surface area contributed by atoms with Crippen LogP contribution in [0.25, 0.3) is 6.08 Å². The molecule has 3 aromatic carbocycles. The average Bonchev–Trinajstić information content (AvgIpc) is 2.88. The van der Waals surface area contributed by atoms with Gasteiger partial charge in [-0.25, -0.2) is 0 Å². The highest BCUT2D eigenvalue weighted by Crippen LogP contribution is 2.35. The van der Waals surface area contributed by atoms with Crippen LogP contribution in [0.1, 0.15) is 30.5 Å². The quantitative estimate of drug-likeness (QED) is 0.134. The number of nitrogens with zero attached hydrogens (tertiary/aromatic N) is 2. The van der Waals surface area contributed by atoms with E-state index in [1.807, 2.05) is 32.0 Å². The lowest BCUT2D eigenvalue weighted by Gasteiger charge is -2.14. The molecule has 0 atom stereocenters. The van der Waals surface area contributed by atoms with Gasteiger partial charge >= 0.3 is 0 Å². The fourth-order valence-corrected chi connectivity index (χ4v) is 3.73. The average molecular weight is 550 g/mol. The van der Waals surface area contributed by atoms with Gasteiger partial charge in [0.15, 0.2) is 11.5 Å².